The van der Waals surface area contributed by atoms with Crippen molar-refractivity contribution in [3.8, 4) is 0 Å². The third-order valence-corrected chi connectivity index (χ3v) is 3.29. The summed E-state index contributed by atoms with van der Waals surface area (Å²) in [4.78, 5) is 0.907. The summed E-state index contributed by atoms with van der Waals surface area (Å²) in [5, 5.41) is 0. The highest BCUT2D eigenvalue weighted by Gasteiger charge is 2.30. The maximum absolute atomic E-state index is 12.2. The lowest BCUT2D eigenvalue weighted by Crippen LogP contribution is -2.30. The van der Waals surface area contributed by atoms with Crippen molar-refractivity contribution in [2.24, 2.45) is 0 Å². The standard InChI is InChI=1S/C7H7BF3S/c9-8(10,11)7-4-3-6(12-7)5-1-2-5/h3-5H,1-2H2/q-1. The van der Waals surface area contributed by atoms with Gasteiger partial charge in [0.25, 0.3) is 0 Å². The molecule has 66 valence electrons. The minimum Gasteiger partial charge on any atom is -0.444 e. The summed E-state index contributed by atoms with van der Waals surface area (Å²) in [6, 6.07) is 2.82. The van der Waals surface area contributed by atoms with E-state index in [1.807, 2.05) is 0 Å². The number of hydrogen-bond acceptors (Lipinski definition) is 1. The first-order valence-electron chi connectivity index (χ1n) is 3.87. The van der Waals surface area contributed by atoms with Crippen LogP contribution < -0.4 is 4.78 Å². The van der Waals surface area contributed by atoms with Crippen LogP contribution in [-0.2, 0) is 0 Å². The van der Waals surface area contributed by atoms with E-state index in [0.29, 0.717) is 5.92 Å². The molecule has 0 spiro atoms. The first-order chi connectivity index (χ1) is 5.57. The van der Waals surface area contributed by atoms with E-state index in [1.54, 1.807) is 6.07 Å². The van der Waals surface area contributed by atoms with Crippen LogP contribution >= 0.6 is 11.3 Å². The predicted octanol–water partition coefficient (Wildman–Crippen LogP) is 2.68. The van der Waals surface area contributed by atoms with Crippen LogP contribution in [0.2, 0.25) is 0 Å². The molecule has 0 unspecified atom stereocenters. The third-order valence-electron chi connectivity index (χ3n) is 1.95. The molecule has 0 nitrogen and oxygen atoms in total. The maximum atomic E-state index is 12.2. The SMILES string of the molecule is F[B-](F)(F)c1ccc(C2CC2)s1. The normalized spacial score (nSPS) is 18.2. The molecule has 1 fully saturated rings. The second-order valence-electron chi connectivity index (χ2n) is 3.09. The van der Waals surface area contributed by atoms with Gasteiger partial charge in [-0.1, -0.05) is 16.9 Å². The van der Waals surface area contributed by atoms with E-state index < -0.39 is 11.8 Å². The Balaban J connectivity index is 2.23. The highest BCUT2D eigenvalue weighted by atomic mass is 32.1. The van der Waals surface area contributed by atoms with Gasteiger partial charge in [-0.25, -0.2) is 0 Å². The first kappa shape index (κ1) is 8.17. The van der Waals surface area contributed by atoms with E-state index in [0.717, 1.165) is 29.1 Å². The van der Waals surface area contributed by atoms with Crippen molar-refractivity contribution in [3.63, 3.8) is 0 Å². The second kappa shape index (κ2) is 2.52. The molecule has 0 bridgehead atoms. The smallest absolute Gasteiger partial charge is 0.444 e. The molecular weight excluding hydrogens is 184 g/mol. The van der Waals surface area contributed by atoms with E-state index in [9.17, 15) is 12.9 Å². The molecule has 1 heterocycles. The molecule has 5 heteroatoms. The molecule has 0 N–H and O–H groups in total. The van der Waals surface area contributed by atoms with Gasteiger partial charge in [-0.2, -0.15) is 11.3 Å². The molecule has 2 rings (SSSR count). The molecule has 1 saturated carbocycles. The van der Waals surface area contributed by atoms with Crippen LogP contribution in [-0.4, -0.2) is 6.98 Å². The van der Waals surface area contributed by atoms with Crippen LogP contribution in [0.4, 0.5) is 12.9 Å². The van der Waals surface area contributed by atoms with Crippen LogP contribution in [0.1, 0.15) is 23.6 Å². The number of halogens is 3. The largest absolute Gasteiger partial charge is 0.519 e. The molecule has 12 heavy (non-hydrogen) atoms. The van der Waals surface area contributed by atoms with Gasteiger partial charge in [-0.3, -0.25) is 0 Å². The summed E-state index contributed by atoms with van der Waals surface area (Å²) in [6.07, 6.45) is 2.12. The maximum Gasteiger partial charge on any atom is 0.519 e. The summed E-state index contributed by atoms with van der Waals surface area (Å²) in [7, 11) is 0. The Hall–Kier alpha value is -0.445. The minimum atomic E-state index is -4.77. The molecule has 0 aliphatic heterocycles. The summed E-state index contributed by atoms with van der Waals surface area (Å²) >= 11 is 0.913. The average molecular weight is 191 g/mol. The highest BCUT2D eigenvalue weighted by Crippen LogP contribution is 2.42. The van der Waals surface area contributed by atoms with Gasteiger partial charge < -0.3 is 12.9 Å². The lowest BCUT2D eigenvalue weighted by Gasteiger charge is -2.10. The van der Waals surface area contributed by atoms with Gasteiger partial charge in [0, 0.05) is 4.88 Å². The van der Waals surface area contributed by atoms with Crippen molar-refractivity contribution in [1.29, 1.82) is 0 Å². The van der Waals surface area contributed by atoms with Gasteiger partial charge in [0.1, 0.15) is 0 Å². The molecule has 1 aliphatic rings. The topological polar surface area (TPSA) is 0 Å². The van der Waals surface area contributed by atoms with E-state index in [2.05, 4.69) is 0 Å². The number of rotatable bonds is 2. The zero-order valence-electron chi connectivity index (χ0n) is 6.27. The summed E-state index contributed by atoms with van der Waals surface area (Å²) in [5.74, 6) is 0.432. The molecule has 0 amide bonds. The molecular formula is C7H7BF3S-. The number of hydrogen-bond donors (Lipinski definition) is 0. The Morgan fingerprint density at radius 3 is 2.33 bits per heavy atom. The van der Waals surface area contributed by atoms with Crippen LogP contribution in [0.5, 0.6) is 0 Å². The van der Waals surface area contributed by atoms with E-state index in [1.165, 1.54) is 6.07 Å². The van der Waals surface area contributed by atoms with Crippen LogP contribution in [0.3, 0.4) is 0 Å². The molecule has 1 aromatic heterocycles. The third kappa shape index (κ3) is 1.51. The van der Waals surface area contributed by atoms with Gasteiger partial charge in [-0.15, -0.1) is 0 Å². The zero-order chi connectivity index (χ0) is 8.77. The molecule has 0 radical (unpaired) electrons. The molecule has 0 atom stereocenters. The fraction of sp³-hybridized carbons (Fsp3) is 0.429. The Kier molecular flexibility index (Phi) is 1.72. The van der Waals surface area contributed by atoms with Crippen molar-refractivity contribution in [2.45, 2.75) is 18.8 Å². The lowest BCUT2D eigenvalue weighted by atomic mass is 9.90. The van der Waals surface area contributed by atoms with Gasteiger partial charge in [0.05, 0.1) is 0 Å². The molecule has 0 aromatic carbocycles. The fourth-order valence-corrected chi connectivity index (χ4v) is 2.21. The van der Waals surface area contributed by atoms with Crippen LogP contribution in [0.25, 0.3) is 0 Å². The van der Waals surface area contributed by atoms with Crippen molar-refractivity contribution >= 4 is 23.1 Å². The summed E-state index contributed by atoms with van der Waals surface area (Å²) in [6.45, 7) is -4.77. The Labute approximate surface area is 72.5 Å². The quantitative estimate of drug-likeness (QED) is 0.630. The minimum absolute atomic E-state index is 0.406. The average Bonchev–Trinajstić information content (AvgIpc) is 2.66. The molecule has 1 aromatic rings. The predicted molar refractivity (Wildman–Crippen MR) is 45.0 cm³/mol. The van der Waals surface area contributed by atoms with Gasteiger partial charge in [0.2, 0.25) is 0 Å². The molecule has 1 aliphatic carbocycles. The van der Waals surface area contributed by atoms with Crippen molar-refractivity contribution in [2.75, 3.05) is 0 Å². The highest BCUT2D eigenvalue weighted by molar-refractivity contribution is 7.24. The van der Waals surface area contributed by atoms with Gasteiger partial charge in [-0.05, 0) is 18.8 Å². The monoisotopic (exact) mass is 191 g/mol. The molecule has 0 saturated heterocycles. The first-order valence-corrected chi connectivity index (χ1v) is 4.68. The fourth-order valence-electron chi connectivity index (χ4n) is 1.13. The van der Waals surface area contributed by atoms with E-state index in [-0.39, 0.29) is 0 Å². The van der Waals surface area contributed by atoms with Crippen molar-refractivity contribution in [3.05, 3.63) is 17.0 Å². The Morgan fingerprint density at radius 2 is 1.92 bits per heavy atom. The second-order valence-corrected chi connectivity index (χ2v) is 4.24. The zero-order valence-corrected chi connectivity index (χ0v) is 7.08. The summed E-state index contributed by atoms with van der Waals surface area (Å²) in [5.41, 5.74) is 0. The van der Waals surface area contributed by atoms with Crippen LogP contribution in [0.15, 0.2) is 12.1 Å². The van der Waals surface area contributed by atoms with E-state index in [4.69, 9.17) is 0 Å². The van der Waals surface area contributed by atoms with Crippen LogP contribution in [0, 0.1) is 0 Å². The van der Waals surface area contributed by atoms with Gasteiger partial charge >= 0.3 is 6.98 Å². The summed E-state index contributed by atoms with van der Waals surface area (Å²) < 4.78 is 36.1. The van der Waals surface area contributed by atoms with E-state index >= 15 is 0 Å². The number of thiophene rings is 1. The van der Waals surface area contributed by atoms with Gasteiger partial charge in [0.15, 0.2) is 0 Å². The lowest BCUT2D eigenvalue weighted by molar-refractivity contribution is 0.503. The Morgan fingerprint density at radius 1 is 1.25 bits per heavy atom. The van der Waals surface area contributed by atoms with Crippen molar-refractivity contribution < 1.29 is 12.9 Å². The van der Waals surface area contributed by atoms with Crippen molar-refractivity contribution in [1.82, 2.24) is 0 Å². The Bertz CT molecular complexity index is 287.